The van der Waals surface area contributed by atoms with E-state index in [-0.39, 0.29) is 5.82 Å². The van der Waals surface area contributed by atoms with Gasteiger partial charge >= 0.3 is 0 Å². The first kappa shape index (κ1) is 13.4. The van der Waals surface area contributed by atoms with Crippen molar-refractivity contribution in [3.63, 3.8) is 0 Å². The van der Waals surface area contributed by atoms with Crippen molar-refractivity contribution in [3.8, 4) is 6.07 Å². The highest BCUT2D eigenvalue weighted by atomic mass is 19.1. The third-order valence-corrected chi connectivity index (χ3v) is 4.37. The molecule has 4 rings (SSSR count). The van der Waals surface area contributed by atoms with Crippen LogP contribution in [0.5, 0.6) is 0 Å². The molecule has 0 radical (unpaired) electrons. The molecule has 0 atom stereocenters. The summed E-state index contributed by atoms with van der Waals surface area (Å²) in [5.74, 6) is 2.42. The number of nitrogens with zero attached hydrogens (tertiary/aromatic N) is 5. The fraction of sp³-hybridized carbons (Fsp3) is 0.438. The molecule has 2 heterocycles. The molecule has 22 heavy (non-hydrogen) atoms. The van der Waals surface area contributed by atoms with Crippen molar-refractivity contribution in [2.75, 3.05) is 6.54 Å². The minimum atomic E-state index is -0.260. The summed E-state index contributed by atoms with van der Waals surface area (Å²) in [4.78, 5) is 2.15. The Morgan fingerprint density at radius 2 is 2.14 bits per heavy atom. The fourth-order valence-corrected chi connectivity index (χ4v) is 3.02. The van der Waals surface area contributed by atoms with Gasteiger partial charge in [0.1, 0.15) is 17.5 Å². The van der Waals surface area contributed by atoms with Crippen LogP contribution >= 0.6 is 0 Å². The van der Waals surface area contributed by atoms with E-state index < -0.39 is 0 Å². The van der Waals surface area contributed by atoms with Crippen LogP contribution in [0.4, 0.5) is 4.39 Å². The van der Waals surface area contributed by atoms with E-state index in [0.29, 0.717) is 30.1 Å². The molecular weight excluding hydrogens is 281 g/mol. The van der Waals surface area contributed by atoms with Gasteiger partial charge in [0, 0.05) is 31.1 Å². The van der Waals surface area contributed by atoms with E-state index >= 15 is 0 Å². The molecule has 112 valence electrons. The first-order valence-electron chi connectivity index (χ1n) is 7.57. The van der Waals surface area contributed by atoms with Gasteiger partial charge in [-0.3, -0.25) is 4.90 Å². The van der Waals surface area contributed by atoms with E-state index in [1.807, 2.05) is 0 Å². The molecule has 1 fully saturated rings. The highest BCUT2D eigenvalue weighted by Crippen LogP contribution is 2.39. The lowest BCUT2D eigenvalue weighted by atomic mass is 10.1. The van der Waals surface area contributed by atoms with Crippen molar-refractivity contribution in [2.24, 2.45) is 0 Å². The summed E-state index contributed by atoms with van der Waals surface area (Å²) in [5.41, 5.74) is 1.06. The van der Waals surface area contributed by atoms with Crippen LogP contribution in [0.25, 0.3) is 0 Å². The standard InChI is InChI=1S/C16H16FN5/c17-14-4-1-11(8-18)7-13(14)9-21-5-6-22-15(10-21)19-20-16(22)12-2-3-12/h1,4,7,12H,2-3,5-6,9-10H2. The summed E-state index contributed by atoms with van der Waals surface area (Å²) < 4.78 is 16.1. The summed E-state index contributed by atoms with van der Waals surface area (Å²) in [6, 6.07) is 6.56. The van der Waals surface area contributed by atoms with E-state index in [2.05, 4.69) is 25.7 Å². The predicted molar refractivity (Wildman–Crippen MR) is 77.2 cm³/mol. The molecule has 0 unspecified atom stereocenters. The second-order valence-corrected chi connectivity index (χ2v) is 6.03. The Kier molecular flexibility index (Phi) is 3.16. The summed E-state index contributed by atoms with van der Waals surface area (Å²) >= 11 is 0. The van der Waals surface area contributed by atoms with Crippen LogP contribution in [0, 0.1) is 17.1 Å². The van der Waals surface area contributed by atoms with Crippen LogP contribution in [0.15, 0.2) is 18.2 Å². The van der Waals surface area contributed by atoms with Crippen molar-refractivity contribution in [1.29, 1.82) is 5.26 Å². The number of halogens is 1. The Bertz CT molecular complexity index is 756. The third-order valence-electron chi connectivity index (χ3n) is 4.37. The third kappa shape index (κ3) is 2.38. The van der Waals surface area contributed by atoms with Gasteiger partial charge in [-0.2, -0.15) is 5.26 Å². The second-order valence-electron chi connectivity index (χ2n) is 6.03. The highest BCUT2D eigenvalue weighted by molar-refractivity contribution is 5.33. The predicted octanol–water partition coefficient (Wildman–Crippen LogP) is 2.18. The van der Waals surface area contributed by atoms with Crippen LogP contribution in [0.1, 0.15) is 41.5 Å². The topological polar surface area (TPSA) is 57.7 Å². The minimum Gasteiger partial charge on any atom is -0.312 e. The second kappa shape index (κ2) is 5.18. The number of rotatable bonds is 3. The number of hydrogen-bond acceptors (Lipinski definition) is 4. The Morgan fingerprint density at radius 3 is 2.91 bits per heavy atom. The van der Waals surface area contributed by atoms with Gasteiger partial charge in [0.05, 0.1) is 18.2 Å². The quantitative estimate of drug-likeness (QED) is 0.871. The lowest BCUT2D eigenvalue weighted by molar-refractivity contribution is 0.204. The summed E-state index contributed by atoms with van der Waals surface area (Å²) in [6.07, 6.45) is 2.43. The van der Waals surface area contributed by atoms with E-state index in [0.717, 1.165) is 24.7 Å². The minimum absolute atomic E-state index is 0.260. The van der Waals surface area contributed by atoms with Crippen LogP contribution in [0.3, 0.4) is 0 Å². The van der Waals surface area contributed by atoms with Gasteiger partial charge in [-0.15, -0.1) is 10.2 Å². The lowest BCUT2D eigenvalue weighted by Gasteiger charge is -2.27. The van der Waals surface area contributed by atoms with Crippen LogP contribution < -0.4 is 0 Å². The van der Waals surface area contributed by atoms with Crippen molar-refractivity contribution >= 4 is 0 Å². The molecule has 0 bridgehead atoms. The maximum absolute atomic E-state index is 13.9. The van der Waals surface area contributed by atoms with Crippen molar-refractivity contribution < 1.29 is 4.39 Å². The first-order valence-corrected chi connectivity index (χ1v) is 7.57. The van der Waals surface area contributed by atoms with Gasteiger partial charge in [-0.05, 0) is 31.0 Å². The molecule has 2 aromatic rings. The van der Waals surface area contributed by atoms with Gasteiger partial charge in [-0.1, -0.05) is 0 Å². The Balaban J connectivity index is 1.52. The molecule has 5 nitrogen and oxygen atoms in total. The Labute approximate surface area is 128 Å². The zero-order valence-electron chi connectivity index (χ0n) is 12.2. The smallest absolute Gasteiger partial charge is 0.147 e. The summed E-state index contributed by atoms with van der Waals surface area (Å²) in [7, 11) is 0. The normalized spacial score (nSPS) is 18.0. The highest BCUT2D eigenvalue weighted by Gasteiger charge is 2.32. The molecule has 1 saturated carbocycles. The molecule has 1 aromatic heterocycles. The molecule has 1 aromatic carbocycles. The molecule has 2 aliphatic rings. The zero-order valence-corrected chi connectivity index (χ0v) is 12.2. The number of fused-ring (bicyclic) bond motifs is 1. The molecule has 6 heteroatoms. The van der Waals surface area contributed by atoms with Gasteiger partial charge < -0.3 is 4.57 Å². The largest absolute Gasteiger partial charge is 0.312 e. The lowest BCUT2D eigenvalue weighted by Crippen LogP contribution is -2.34. The van der Waals surface area contributed by atoms with Crippen LogP contribution in [-0.2, 0) is 19.6 Å². The SMILES string of the molecule is N#Cc1ccc(F)c(CN2CCn3c(nnc3C3CC3)C2)c1. The number of nitriles is 1. The van der Waals surface area contributed by atoms with E-state index in [1.165, 1.54) is 25.0 Å². The van der Waals surface area contributed by atoms with Gasteiger partial charge in [0.2, 0.25) is 0 Å². The average Bonchev–Trinajstić information content (AvgIpc) is 3.29. The average molecular weight is 297 g/mol. The first-order chi connectivity index (χ1) is 10.7. The van der Waals surface area contributed by atoms with Gasteiger partial charge in [0.15, 0.2) is 0 Å². The maximum atomic E-state index is 13.9. The van der Waals surface area contributed by atoms with Crippen LogP contribution in [0.2, 0.25) is 0 Å². The summed E-state index contributed by atoms with van der Waals surface area (Å²) in [5, 5.41) is 17.5. The Morgan fingerprint density at radius 1 is 1.27 bits per heavy atom. The maximum Gasteiger partial charge on any atom is 0.147 e. The van der Waals surface area contributed by atoms with E-state index in [1.54, 1.807) is 6.07 Å². The van der Waals surface area contributed by atoms with Gasteiger partial charge in [-0.25, -0.2) is 4.39 Å². The van der Waals surface area contributed by atoms with E-state index in [9.17, 15) is 4.39 Å². The monoisotopic (exact) mass is 297 g/mol. The molecule has 1 aliphatic heterocycles. The number of hydrogen-bond donors (Lipinski definition) is 0. The number of aromatic nitrogens is 3. The van der Waals surface area contributed by atoms with Crippen molar-refractivity contribution in [1.82, 2.24) is 19.7 Å². The van der Waals surface area contributed by atoms with Crippen molar-refractivity contribution in [2.45, 2.75) is 38.4 Å². The molecule has 0 N–H and O–H groups in total. The molecule has 0 spiro atoms. The molecule has 0 amide bonds. The van der Waals surface area contributed by atoms with E-state index in [4.69, 9.17) is 5.26 Å². The van der Waals surface area contributed by atoms with Crippen molar-refractivity contribution in [3.05, 3.63) is 46.8 Å². The zero-order chi connectivity index (χ0) is 15.1. The van der Waals surface area contributed by atoms with Gasteiger partial charge in [0.25, 0.3) is 0 Å². The molecule has 0 saturated heterocycles. The molecular formula is C16H16FN5. The number of benzene rings is 1. The van der Waals surface area contributed by atoms with Crippen LogP contribution in [-0.4, -0.2) is 26.2 Å². The Hall–Kier alpha value is -2.26. The fourth-order valence-electron chi connectivity index (χ4n) is 3.02. The molecule has 1 aliphatic carbocycles. The summed E-state index contributed by atoms with van der Waals surface area (Å²) in [6.45, 7) is 2.87.